The van der Waals surface area contributed by atoms with E-state index in [0.717, 1.165) is 38.6 Å². The molecule has 5 nitrogen and oxygen atoms in total. The number of nitrogens with zero attached hydrogens (tertiary/aromatic N) is 2. The highest BCUT2D eigenvalue weighted by Gasteiger charge is 2.31. The summed E-state index contributed by atoms with van der Waals surface area (Å²) in [6.07, 6.45) is 5.13. The lowest BCUT2D eigenvalue weighted by molar-refractivity contribution is 0.331. The Morgan fingerprint density at radius 2 is 1.79 bits per heavy atom. The lowest BCUT2D eigenvalue weighted by Gasteiger charge is -2.28. The van der Waals surface area contributed by atoms with Crippen molar-refractivity contribution < 1.29 is 8.42 Å². The summed E-state index contributed by atoms with van der Waals surface area (Å²) in [5.74, 6) is 0. The van der Waals surface area contributed by atoms with Crippen LogP contribution in [0.3, 0.4) is 0 Å². The van der Waals surface area contributed by atoms with Gasteiger partial charge in [0.15, 0.2) is 0 Å². The minimum Gasteiger partial charge on any atom is -0.314 e. The first kappa shape index (κ1) is 16.9. The van der Waals surface area contributed by atoms with Crippen LogP contribution in [0.15, 0.2) is 0 Å². The van der Waals surface area contributed by atoms with Crippen LogP contribution in [-0.4, -0.2) is 56.3 Å². The summed E-state index contributed by atoms with van der Waals surface area (Å²) >= 11 is 0. The van der Waals surface area contributed by atoms with Gasteiger partial charge >= 0.3 is 0 Å². The van der Waals surface area contributed by atoms with Crippen LogP contribution in [0.1, 0.15) is 46.0 Å². The fraction of sp³-hybridized carbons (Fsp3) is 1.00. The monoisotopic (exact) mass is 291 g/mol. The molecule has 1 aliphatic carbocycles. The summed E-state index contributed by atoms with van der Waals surface area (Å²) in [4.78, 5) is 0. The molecule has 0 atom stereocenters. The summed E-state index contributed by atoms with van der Waals surface area (Å²) in [5, 5.41) is 3.30. The Balaban J connectivity index is 2.42. The highest BCUT2D eigenvalue weighted by atomic mass is 32.2. The van der Waals surface area contributed by atoms with Crippen molar-refractivity contribution in [3.8, 4) is 0 Å². The summed E-state index contributed by atoms with van der Waals surface area (Å²) in [6, 6.07) is 0.643. The van der Waals surface area contributed by atoms with E-state index in [1.165, 1.54) is 4.31 Å². The molecule has 0 aromatic heterocycles. The Labute approximate surface area is 118 Å². The topological polar surface area (TPSA) is 52.7 Å². The maximum Gasteiger partial charge on any atom is 0.281 e. The average Bonchev–Trinajstić information content (AvgIpc) is 2.86. The van der Waals surface area contributed by atoms with E-state index in [2.05, 4.69) is 19.2 Å². The van der Waals surface area contributed by atoms with Crippen molar-refractivity contribution in [1.82, 2.24) is 13.9 Å². The Morgan fingerprint density at radius 3 is 2.32 bits per heavy atom. The summed E-state index contributed by atoms with van der Waals surface area (Å²) in [6.45, 7) is 5.60. The van der Waals surface area contributed by atoms with Crippen LogP contribution in [0, 0.1) is 0 Å². The van der Waals surface area contributed by atoms with E-state index < -0.39 is 10.2 Å². The molecule has 0 aliphatic heterocycles. The zero-order valence-electron chi connectivity index (χ0n) is 12.7. The predicted octanol–water partition coefficient (Wildman–Crippen LogP) is 1.43. The van der Waals surface area contributed by atoms with E-state index in [4.69, 9.17) is 0 Å². The lowest BCUT2D eigenvalue weighted by atomic mass is 10.3. The smallest absolute Gasteiger partial charge is 0.281 e. The highest BCUT2D eigenvalue weighted by molar-refractivity contribution is 7.86. The van der Waals surface area contributed by atoms with Gasteiger partial charge in [-0.2, -0.15) is 17.0 Å². The van der Waals surface area contributed by atoms with E-state index in [-0.39, 0.29) is 6.04 Å². The predicted molar refractivity (Wildman–Crippen MR) is 79.3 cm³/mol. The van der Waals surface area contributed by atoms with E-state index in [1.54, 1.807) is 18.4 Å². The second-order valence-electron chi connectivity index (χ2n) is 5.75. The molecule has 0 saturated heterocycles. The molecule has 0 amide bonds. The van der Waals surface area contributed by atoms with Gasteiger partial charge in [0.1, 0.15) is 0 Å². The Morgan fingerprint density at radius 1 is 1.21 bits per heavy atom. The van der Waals surface area contributed by atoms with Gasteiger partial charge in [-0.25, -0.2) is 0 Å². The maximum atomic E-state index is 12.4. The van der Waals surface area contributed by atoms with Crippen molar-refractivity contribution in [2.45, 2.75) is 58.0 Å². The molecule has 1 fully saturated rings. The minimum absolute atomic E-state index is 0.196. The second-order valence-corrected chi connectivity index (χ2v) is 7.84. The normalized spacial score (nSPS) is 18.1. The van der Waals surface area contributed by atoms with Crippen LogP contribution in [-0.2, 0) is 10.2 Å². The number of hydrogen-bond acceptors (Lipinski definition) is 3. The fourth-order valence-corrected chi connectivity index (χ4v) is 3.87. The van der Waals surface area contributed by atoms with Crippen molar-refractivity contribution in [3.05, 3.63) is 0 Å². The van der Waals surface area contributed by atoms with Gasteiger partial charge in [0.25, 0.3) is 10.2 Å². The van der Waals surface area contributed by atoms with Crippen molar-refractivity contribution in [3.63, 3.8) is 0 Å². The number of rotatable bonds is 8. The molecular formula is C13H29N3O2S. The summed E-state index contributed by atoms with van der Waals surface area (Å²) < 4.78 is 27.8. The summed E-state index contributed by atoms with van der Waals surface area (Å²) in [5.41, 5.74) is 0. The molecule has 1 saturated carbocycles. The van der Waals surface area contributed by atoms with Gasteiger partial charge in [0.05, 0.1) is 0 Å². The summed E-state index contributed by atoms with van der Waals surface area (Å²) in [7, 11) is 0.109. The molecule has 114 valence electrons. The second kappa shape index (κ2) is 7.57. The van der Waals surface area contributed by atoms with Gasteiger partial charge < -0.3 is 5.32 Å². The van der Waals surface area contributed by atoms with Gasteiger partial charge in [-0.05, 0) is 25.8 Å². The van der Waals surface area contributed by atoms with Gasteiger partial charge in [-0.1, -0.05) is 26.7 Å². The van der Waals surface area contributed by atoms with E-state index in [9.17, 15) is 8.42 Å². The molecule has 19 heavy (non-hydrogen) atoms. The zero-order chi connectivity index (χ0) is 14.5. The van der Waals surface area contributed by atoms with Crippen LogP contribution >= 0.6 is 0 Å². The Hall–Kier alpha value is -0.170. The van der Waals surface area contributed by atoms with Crippen molar-refractivity contribution in [2.24, 2.45) is 0 Å². The van der Waals surface area contributed by atoms with Crippen LogP contribution < -0.4 is 5.32 Å². The van der Waals surface area contributed by atoms with Crippen molar-refractivity contribution in [2.75, 3.05) is 27.2 Å². The largest absolute Gasteiger partial charge is 0.314 e. The van der Waals surface area contributed by atoms with Gasteiger partial charge in [-0.3, -0.25) is 0 Å². The first-order chi connectivity index (χ1) is 8.85. The third-order valence-corrected chi connectivity index (χ3v) is 5.80. The molecule has 0 aromatic rings. The fourth-order valence-electron chi connectivity index (χ4n) is 2.48. The molecule has 6 heteroatoms. The Kier molecular flexibility index (Phi) is 6.73. The lowest BCUT2D eigenvalue weighted by Crippen LogP contribution is -2.44. The molecule has 1 N–H and O–H groups in total. The first-order valence-electron chi connectivity index (χ1n) is 7.28. The van der Waals surface area contributed by atoms with Crippen LogP contribution in [0.4, 0.5) is 0 Å². The molecule has 0 aromatic carbocycles. The van der Waals surface area contributed by atoms with Gasteiger partial charge in [0, 0.05) is 32.7 Å². The standard InChI is InChI=1S/C13H29N3O2S/c1-12(2)14-10-7-11-15(3)19(17,18)16(4)13-8-5-6-9-13/h12-14H,5-11H2,1-4H3. The molecule has 0 spiro atoms. The van der Waals surface area contributed by atoms with Crippen LogP contribution in [0.5, 0.6) is 0 Å². The van der Waals surface area contributed by atoms with Crippen LogP contribution in [0.2, 0.25) is 0 Å². The molecule has 0 heterocycles. The first-order valence-corrected chi connectivity index (χ1v) is 8.68. The van der Waals surface area contributed by atoms with Gasteiger partial charge in [-0.15, -0.1) is 0 Å². The molecule has 1 aliphatic rings. The quantitative estimate of drug-likeness (QED) is 0.688. The molecule has 1 rings (SSSR count). The SMILES string of the molecule is CC(C)NCCCN(C)S(=O)(=O)N(C)C1CCCC1. The zero-order valence-corrected chi connectivity index (χ0v) is 13.5. The Bertz CT molecular complexity index is 351. The molecule has 0 unspecified atom stereocenters. The third kappa shape index (κ3) is 5.02. The van der Waals surface area contributed by atoms with E-state index in [1.807, 2.05) is 0 Å². The number of nitrogens with one attached hydrogen (secondary N) is 1. The maximum absolute atomic E-state index is 12.4. The van der Waals surface area contributed by atoms with Crippen molar-refractivity contribution >= 4 is 10.2 Å². The van der Waals surface area contributed by atoms with Gasteiger partial charge in [0.2, 0.25) is 0 Å². The van der Waals surface area contributed by atoms with Crippen LogP contribution in [0.25, 0.3) is 0 Å². The molecule has 0 bridgehead atoms. The average molecular weight is 291 g/mol. The van der Waals surface area contributed by atoms with E-state index in [0.29, 0.717) is 12.6 Å². The third-order valence-electron chi connectivity index (χ3n) is 3.80. The molecular weight excluding hydrogens is 262 g/mol. The number of hydrogen-bond donors (Lipinski definition) is 1. The molecule has 0 radical (unpaired) electrons. The minimum atomic E-state index is -3.28. The van der Waals surface area contributed by atoms with E-state index >= 15 is 0 Å². The van der Waals surface area contributed by atoms with Crippen molar-refractivity contribution in [1.29, 1.82) is 0 Å². The highest BCUT2D eigenvalue weighted by Crippen LogP contribution is 2.25.